The number of nitrogens with one attached hydrogen (secondary N) is 3. The Morgan fingerprint density at radius 2 is 1.78 bits per heavy atom. The monoisotopic (exact) mass is 527 g/mol. The molecule has 1 saturated heterocycles. The van der Waals surface area contributed by atoms with E-state index in [-0.39, 0.29) is 17.3 Å². The first-order valence-corrected chi connectivity index (χ1v) is 13.1. The Balaban J connectivity index is 0.000000678. The van der Waals surface area contributed by atoms with E-state index in [0.29, 0.717) is 31.0 Å². The molecule has 14 heteroatoms. The summed E-state index contributed by atoms with van der Waals surface area (Å²) in [5.41, 5.74) is 0.445. The number of hydrogen-bond acceptors (Lipinski definition) is 9. The molecule has 0 saturated carbocycles. The Morgan fingerprint density at radius 3 is 2.47 bits per heavy atom. The maximum Gasteiger partial charge on any atom is 0.414 e. The Morgan fingerprint density at radius 1 is 1.06 bits per heavy atom. The Labute approximate surface area is 210 Å². The lowest BCUT2D eigenvalue weighted by molar-refractivity contribution is -0.159. The van der Waals surface area contributed by atoms with Crippen molar-refractivity contribution in [2.45, 2.75) is 30.6 Å². The summed E-state index contributed by atoms with van der Waals surface area (Å²) in [6.45, 7) is 5.70. The number of carboxylic acids is 2. The lowest BCUT2D eigenvalue weighted by atomic mass is 10.2. The van der Waals surface area contributed by atoms with Crippen LogP contribution in [0.25, 0.3) is 0 Å². The van der Waals surface area contributed by atoms with E-state index in [1.54, 1.807) is 12.1 Å². The quantitative estimate of drug-likeness (QED) is 0.227. The van der Waals surface area contributed by atoms with Crippen LogP contribution in [0.4, 0.5) is 5.69 Å². The van der Waals surface area contributed by atoms with Crippen LogP contribution < -0.4 is 15.4 Å². The minimum Gasteiger partial charge on any atom is -0.473 e. The van der Waals surface area contributed by atoms with Crippen LogP contribution in [0.5, 0.6) is 0 Å². The number of rotatable bonds is 8. The number of hydrogen-bond donors (Lipinski definition) is 5. The highest BCUT2D eigenvalue weighted by atomic mass is 32.2. The Hall–Kier alpha value is -3.07. The van der Waals surface area contributed by atoms with E-state index in [0.717, 1.165) is 52.1 Å². The van der Waals surface area contributed by atoms with E-state index < -0.39 is 22.0 Å². The van der Waals surface area contributed by atoms with Crippen molar-refractivity contribution < 1.29 is 37.8 Å². The van der Waals surface area contributed by atoms with Crippen molar-refractivity contribution in [2.24, 2.45) is 4.99 Å². The number of morpholine rings is 1. The molecule has 3 rings (SSSR count). The van der Waals surface area contributed by atoms with E-state index >= 15 is 0 Å². The molecule has 0 atom stereocenters. The van der Waals surface area contributed by atoms with Crippen molar-refractivity contribution >= 4 is 39.4 Å². The molecule has 0 unspecified atom stereocenters. The van der Waals surface area contributed by atoms with E-state index in [1.807, 2.05) is 0 Å². The fourth-order valence-electron chi connectivity index (χ4n) is 3.38. The van der Waals surface area contributed by atoms with Crippen LogP contribution in [0.3, 0.4) is 0 Å². The largest absolute Gasteiger partial charge is 0.473 e. The molecule has 0 aliphatic carbocycles. The number of carbonyl (C=O) groups excluding carboxylic acids is 1. The SMILES string of the molecule is O=C(CNCCN1CCOCC1)Nc1cccc(S(=O)(=O)NC2=NCCCCC2)c1.O=C(O)C(=O)O. The molecule has 200 valence electrons. The van der Waals surface area contributed by atoms with Crippen LogP contribution in [0, 0.1) is 0 Å². The number of aliphatic imine (C=N–C) groups is 1. The summed E-state index contributed by atoms with van der Waals surface area (Å²) in [5.74, 6) is -3.36. The molecular weight excluding hydrogens is 494 g/mol. The minimum absolute atomic E-state index is 0.104. The summed E-state index contributed by atoms with van der Waals surface area (Å²) in [4.78, 5) is 37.1. The number of carbonyl (C=O) groups is 3. The maximum absolute atomic E-state index is 12.7. The molecular formula is C22H33N5O8S. The topological polar surface area (TPSA) is 187 Å². The van der Waals surface area contributed by atoms with Crippen LogP contribution in [0.2, 0.25) is 0 Å². The van der Waals surface area contributed by atoms with Gasteiger partial charge in [-0.15, -0.1) is 0 Å². The number of aliphatic carboxylic acids is 2. The summed E-state index contributed by atoms with van der Waals surface area (Å²) >= 11 is 0. The highest BCUT2D eigenvalue weighted by Crippen LogP contribution is 2.16. The van der Waals surface area contributed by atoms with Crippen LogP contribution >= 0.6 is 0 Å². The van der Waals surface area contributed by atoms with Gasteiger partial charge in [-0.25, -0.2) is 18.0 Å². The number of sulfonamides is 1. The third kappa shape index (κ3) is 11.1. The second-order valence-electron chi connectivity index (χ2n) is 8.06. The van der Waals surface area contributed by atoms with Crippen LogP contribution in [0.15, 0.2) is 34.2 Å². The van der Waals surface area contributed by atoms with Gasteiger partial charge in [0.1, 0.15) is 5.84 Å². The predicted molar refractivity (Wildman–Crippen MR) is 132 cm³/mol. The van der Waals surface area contributed by atoms with Crippen LogP contribution in [-0.2, 0) is 29.1 Å². The van der Waals surface area contributed by atoms with E-state index in [4.69, 9.17) is 24.5 Å². The Bertz CT molecular complexity index is 1010. The summed E-state index contributed by atoms with van der Waals surface area (Å²) in [6, 6.07) is 6.26. The smallest absolute Gasteiger partial charge is 0.414 e. The van der Waals surface area contributed by atoms with Crippen molar-refractivity contribution in [1.82, 2.24) is 14.9 Å². The molecule has 1 fully saturated rings. The molecule has 0 spiro atoms. The fraction of sp³-hybridized carbons (Fsp3) is 0.545. The van der Waals surface area contributed by atoms with Gasteiger partial charge < -0.3 is 25.6 Å². The zero-order valence-corrected chi connectivity index (χ0v) is 20.8. The summed E-state index contributed by atoms with van der Waals surface area (Å²) in [6.07, 6.45) is 3.59. The second-order valence-corrected chi connectivity index (χ2v) is 9.74. The number of amides is 1. The highest BCUT2D eigenvalue weighted by Gasteiger charge is 2.18. The predicted octanol–water partition coefficient (Wildman–Crippen LogP) is -0.0467. The van der Waals surface area contributed by atoms with Gasteiger partial charge in [0.15, 0.2) is 0 Å². The zero-order valence-electron chi connectivity index (χ0n) is 19.9. The van der Waals surface area contributed by atoms with Crippen molar-refractivity contribution in [3.63, 3.8) is 0 Å². The summed E-state index contributed by atoms with van der Waals surface area (Å²) < 4.78 is 33.3. The van der Waals surface area contributed by atoms with Gasteiger partial charge in [-0.1, -0.05) is 12.5 Å². The maximum atomic E-state index is 12.7. The number of ether oxygens (including phenoxy) is 1. The van der Waals surface area contributed by atoms with Gasteiger partial charge in [0.25, 0.3) is 10.0 Å². The molecule has 13 nitrogen and oxygen atoms in total. The summed E-state index contributed by atoms with van der Waals surface area (Å²) in [7, 11) is -3.73. The average molecular weight is 528 g/mol. The van der Waals surface area contributed by atoms with E-state index in [1.165, 1.54) is 12.1 Å². The molecule has 0 aromatic heterocycles. The van der Waals surface area contributed by atoms with Crippen LogP contribution in [-0.4, -0.2) is 99.7 Å². The first kappa shape index (κ1) is 29.2. The minimum atomic E-state index is -3.73. The van der Waals surface area contributed by atoms with Crippen molar-refractivity contribution in [3.05, 3.63) is 24.3 Å². The number of anilines is 1. The molecule has 2 heterocycles. The van der Waals surface area contributed by atoms with Gasteiger partial charge in [-0.2, -0.15) is 0 Å². The lowest BCUT2D eigenvalue weighted by Crippen LogP contribution is -2.41. The zero-order chi connectivity index (χ0) is 26.4. The third-order valence-electron chi connectivity index (χ3n) is 5.23. The van der Waals surface area contributed by atoms with E-state index in [9.17, 15) is 13.2 Å². The number of carboxylic acid groups (broad SMARTS) is 2. The molecule has 1 aromatic rings. The van der Waals surface area contributed by atoms with Crippen LogP contribution in [0.1, 0.15) is 25.7 Å². The highest BCUT2D eigenvalue weighted by molar-refractivity contribution is 7.90. The van der Waals surface area contributed by atoms with Crippen molar-refractivity contribution in [2.75, 3.05) is 57.8 Å². The molecule has 1 aromatic carbocycles. The fourth-order valence-corrected chi connectivity index (χ4v) is 4.52. The standard InChI is InChI=1S/C20H31N5O4S.C2H2O4/c26-20(16-21-9-10-25-11-13-29-14-12-25)23-17-5-4-6-18(15-17)30(27,28)24-19-7-2-1-3-8-22-19;3-1(4)2(5)6/h4-6,15,21H,1-3,7-14,16H2,(H,22,24)(H,23,26);(H,3,4)(H,5,6). The second kappa shape index (κ2) is 15.1. The van der Waals surface area contributed by atoms with Gasteiger partial charge in [0, 0.05) is 44.8 Å². The number of amidine groups is 1. The third-order valence-corrected chi connectivity index (χ3v) is 6.61. The molecule has 2 aliphatic rings. The molecule has 0 bridgehead atoms. The molecule has 36 heavy (non-hydrogen) atoms. The normalized spacial score (nSPS) is 16.5. The van der Waals surface area contributed by atoms with Gasteiger partial charge >= 0.3 is 11.9 Å². The molecule has 1 amide bonds. The lowest BCUT2D eigenvalue weighted by Gasteiger charge is -2.26. The molecule has 2 aliphatic heterocycles. The van der Waals surface area contributed by atoms with Crippen molar-refractivity contribution in [3.8, 4) is 0 Å². The number of benzene rings is 1. The van der Waals surface area contributed by atoms with Gasteiger partial charge in [0.05, 0.1) is 24.7 Å². The summed E-state index contributed by atoms with van der Waals surface area (Å²) in [5, 5.41) is 20.6. The van der Waals surface area contributed by atoms with Gasteiger partial charge in [0.2, 0.25) is 5.91 Å². The molecule has 5 N–H and O–H groups in total. The number of nitrogens with zero attached hydrogens (tertiary/aromatic N) is 2. The van der Waals surface area contributed by atoms with Gasteiger partial charge in [-0.05, 0) is 31.0 Å². The van der Waals surface area contributed by atoms with E-state index in [2.05, 4.69) is 25.2 Å². The Kier molecular flexibility index (Phi) is 12.3. The van der Waals surface area contributed by atoms with Crippen molar-refractivity contribution in [1.29, 1.82) is 0 Å². The average Bonchev–Trinajstić information content (AvgIpc) is 3.11. The van der Waals surface area contributed by atoms with Gasteiger partial charge in [-0.3, -0.25) is 19.4 Å². The molecule has 0 radical (unpaired) electrons. The first-order valence-electron chi connectivity index (χ1n) is 11.6. The first-order chi connectivity index (χ1) is 17.2.